The van der Waals surface area contributed by atoms with Gasteiger partial charge in [-0.2, -0.15) is 17.7 Å². The SMILES string of the molecule is O=S(=O)([O-])C(F)(F)F.c1ccc(C[n+]2cccc3ccccc32)cc1. The molecule has 3 aromatic rings. The van der Waals surface area contributed by atoms with Gasteiger partial charge in [0.1, 0.15) is 0 Å². The molecule has 0 unspecified atom stereocenters. The Hall–Kier alpha value is -2.45. The first-order valence-electron chi connectivity index (χ1n) is 7.12. The zero-order valence-corrected chi connectivity index (χ0v) is 13.7. The van der Waals surface area contributed by atoms with Crippen LogP contribution in [0.2, 0.25) is 0 Å². The summed E-state index contributed by atoms with van der Waals surface area (Å²) in [7, 11) is -6.09. The van der Waals surface area contributed by atoms with E-state index < -0.39 is 15.6 Å². The van der Waals surface area contributed by atoms with Gasteiger partial charge < -0.3 is 4.55 Å². The van der Waals surface area contributed by atoms with Crippen LogP contribution in [-0.2, 0) is 16.7 Å². The topological polar surface area (TPSA) is 61.1 Å². The van der Waals surface area contributed by atoms with Gasteiger partial charge in [0.15, 0.2) is 22.9 Å². The van der Waals surface area contributed by atoms with E-state index >= 15 is 0 Å². The van der Waals surface area contributed by atoms with Crippen molar-refractivity contribution >= 4 is 21.0 Å². The first-order chi connectivity index (χ1) is 11.7. The van der Waals surface area contributed by atoms with Crippen molar-refractivity contribution in [2.45, 2.75) is 12.1 Å². The molecule has 2 aromatic carbocycles. The Morgan fingerprint density at radius 3 is 2.00 bits per heavy atom. The number of benzene rings is 2. The van der Waals surface area contributed by atoms with Crippen LogP contribution < -0.4 is 4.57 Å². The summed E-state index contributed by atoms with van der Waals surface area (Å²) in [4.78, 5) is 0. The minimum Gasteiger partial charge on any atom is -0.741 e. The number of hydrogen-bond donors (Lipinski definition) is 0. The highest BCUT2D eigenvalue weighted by Gasteiger charge is 2.36. The van der Waals surface area contributed by atoms with Crippen LogP contribution in [0.1, 0.15) is 5.56 Å². The third-order valence-corrected chi connectivity index (χ3v) is 3.83. The van der Waals surface area contributed by atoms with Gasteiger partial charge >= 0.3 is 5.51 Å². The van der Waals surface area contributed by atoms with E-state index in [1.165, 1.54) is 16.5 Å². The molecule has 1 aromatic heterocycles. The van der Waals surface area contributed by atoms with E-state index in [2.05, 4.69) is 77.5 Å². The number of nitrogens with zero attached hydrogens (tertiary/aromatic N) is 1. The molecule has 3 rings (SSSR count). The van der Waals surface area contributed by atoms with Gasteiger partial charge in [0.25, 0.3) is 0 Å². The van der Waals surface area contributed by atoms with Crippen molar-refractivity contribution in [1.29, 1.82) is 0 Å². The fraction of sp³-hybridized carbons (Fsp3) is 0.118. The molecule has 0 radical (unpaired) electrons. The number of aromatic nitrogens is 1. The van der Waals surface area contributed by atoms with Crippen molar-refractivity contribution < 1.29 is 30.7 Å². The molecule has 0 saturated carbocycles. The normalized spacial score (nSPS) is 11.7. The van der Waals surface area contributed by atoms with Crippen molar-refractivity contribution in [2.24, 2.45) is 0 Å². The van der Waals surface area contributed by atoms with Crippen LogP contribution in [0.4, 0.5) is 13.2 Å². The van der Waals surface area contributed by atoms with E-state index in [4.69, 9.17) is 13.0 Å². The third-order valence-electron chi connectivity index (χ3n) is 3.27. The smallest absolute Gasteiger partial charge is 0.485 e. The zero-order valence-electron chi connectivity index (χ0n) is 12.8. The highest BCUT2D eigenvalue weighted by molar-refractivity contribution is 7.86. The summed E-state index contributed by atoms with van der Waals surface area (Å²) >= 11 is 0. The fourth-order valence-electron chi connectivity index (χ4n) is 2.14. The predicted molar refractivity (Wildman–Crippen MR) is 85.4 cm³/mol. The van der Waals surface area contributed by atoms with Crippen molar-refractivity contribution in [2.75, 3.05) is 0 Å². The van der Waals surface area contributed by atoms with E-state index in [0.717, 1.165) is 6.54 Å². The van der Waals surface area contributed by atoms with E-state index in [1.807, 2.05) is 0 Å². The average molecular weight is 369 g/mol. The number of para-hydroxylation sites is 1. The third kappa shape index (κ3) is 5.27. The Morgan fingerprint density at radius 1 is 0.880 bits per heavy atom. The number of fused-ring (bicyclic) bond motifs is 1. The Balaban J connectivity index is 0.000000242. The summed E-state index contributed by atoms with van der Waals surface area (Å²) < 4.78 is 61.2. The lowest BCUT2D eigenvalue weighted by atomic mass is 10.2. The molecule has 0 atom stereocenters. The van der Waals surface area contributed by atoms with Crippen molar-refractivity contribution in [1.82, 2.24) is 0 Å². The number of pyridine rings is 1. The standard InChI is InChI=1S/C16H14N.CHF3O3S/c1-2-7-14(8-3-1)13-17-12-6-10-15-9-4-5-11-16(15)17;2-1(3,4)8(5,6)7/h1-12H,13H2;(H,5,6,7)/q+1;/p-1. The van der Waals surface area contributed by atoms with E-state index in [9.17, 15) is 13.2 Å². The van der Waals surface area contributed by atoms with Crippen LogP contribution in [0.25, 0.3) is 10.9 Å². The Morgan fingerprint density at radius 2 is 1.40 bits per heavy atom. The molecule has 8 heteroatoms. The van der Waals surface area contributed by atoms with E-state index in [-0.39, 0.29) is 0 Å². The van der Waals surface area contributed by atoms with Crippen molar-refractivity contribution in [3.05, 3.63) is 78.5 Å². The molecule has 0 aliphatic rings. The van der Waals surface area contributed by atoms with Crippen LogP contribution in [0.15, 0.2) is 72.9 Å². The maximum Gasteiger partial charge on any atom is 0.485 e. The fourth-order valence-corrected chi connectivity index (χ4v) is 2.14. The molecule has 132 valence electrons. The van der Waals surface area contributed by atoms with Crippen molar-refractivity contribution in [3.63, 3.8) is 0 Å². The maximum absolute atomic E-state index is 10.7. The lowest BCUT2D eigenvalue weighted by Crippen LogP contribution is -2.34. The lowest BCUT2D eigenvalue weighted by Gasteiger charge is -2.08. The highest BCUT2D eigenvalue weighted by atomic mass is 32.2. The summed E-state index contributed by atoms with van der Waals surface area (Å²) in [6.45, 7) is 0.919. The molecule has 0 N–H and O–H groups in total. The summed E-state index contributed by atoms with van der Waals surface area (Å²) in [5, 5.41) is 1.28. The molecule has 4 nitrogen and oxygen atoms in total. The Kier molecular flexibility index (Phi) is 5.76. The van der Waals surface area contributed by atoms with Gasteiger partial charge in [-0.25, -0.2) is 8.42 Å². The first-order valence-corrected chi connectivity index (χ1v) is 8.52. The van der Waals surface area contributed by atoms with Crippen LogP contribution in [0.3, 0.4) is 0 Å². The second-order valence-electron chi connectivity index (χ2n) is 5.08. The molecule has 0 fully saturated rings. The highest BCUT2D eigenvalue weighted by Crippen LogP contribution is 2.20. The van der Waals surface area contributed by atoms with Crippen LogP contribution in [-0.4, -0.2) is 18.5 Å². The molecular weight excluding hydrogens is 355 g/mol. The Bertz CT molecular complexity index is 937. The molecule has 0 amide bonds. The minimum atomic E-state index is -6.09. The van der Waals surface area contributed by atoms with Crippen LogP contribution >= 0.6 is 0 Å². The first kappa shape index (κ1) is 18.9. The minimum absolute atomic E-state index is 0.919. The van der Waals surface area contributed by atoms with E-state index in [1.54, 1.807) is 0 Å². The number of alkyl halides is 3. The second-order valence-corrected chi connectivity index (χ2v) is 6.45. The van der Waals surface area contributed by atoms with Gasteiger partial charge in [0.2, 0.25) is 5.52 Å². The summed E-state index contributed by atoms with van der Waals surface area (Å²) in [5.41, 5.74) is -3.04. The van der Waals surface area contributed by atoms with Gasteiger partial charge in [-0.05, 0) is 12.1 Å². The number of rotatable bonds is 2. The molecular formula is C17H14F3NO3S. The van der Waals surface area contributed by atoms with Gasteiger partial charge in [-0.15, -0.1) is 0 Å². The van der Waals surface area contributed by atoms with Crippen LogP contribution in [0.5, 0.6) is 0 Å². The second kappa shape index (κ2) is 7.62. The van der Waals surface area contributed by atoms with Gasteiger partial charge in [-0.3, -0.25) is 0 Å². The van der Waals surface area contributed by atoms with E-state index in [0.29, 0.717) is 0 Å². The Labute approximate surface area is 142 Å². The quantitative estimate of drug-likeness (QED) is 0.396. The molecule has 1 heterocycles. The summed E-state index contributed by atoms with van der Waals surface area (Å²) in [5.74, 6) is 0. The van der Waals surface area contributed by atoms with Crippen LogP contribution in [0, 0.1) is 0 Å². The average Bonchev–Trinajstić information content (AvgIpc) is 2.55. The zero-order chi connectivity index (χ0) is 18.5. The molecule has 0 spiro atoms. The molecule has 0 bridgehead atoms. The van der Waals surface area contributed by atoms with Gasteiger partial charge in [0.05, 0.1) is 0 Å². The summed E-state index contributed by atoms with van der Waals surface area (Å²) in [6, 6.07) is 23.3. The number of halogens is 3. The van der Waals surface area contributed by atoms with Gasteiger partial charge in [0, 0.05) is 23.1 Å². The van der Waals surface area contributed by atoms with Crippen molar-refractivity contribution in [3.8, 4) is 0 Å². The maximum atomic E-state index is 10.7. The largest absolute Gasteiger partial charge is 0.741 e. The van der Waals surface area contributed by atoms with Gasteiger partial charge in [-0.1, -0.05) is 42.5 Å². The molecule has 0 aliphatic carbocycles. The lowest BCUT2D eigenvalue weighted by molar-refractivity contribution is -0.662. The summed E-state index contributed by atoms with van der Waals surface area (Å²) in [6.07, 6.45) is 2.13. The predicted octanol–water partition coefficient (Wildman–Crippen LogP) is 3.23. The monoisotopic (exact) mass is 369 g/mol. The molecule has 25 heavy (non-hydrogen) atoms. The molecule has 0 aliphatic heterocycles. The molecule has 0 saturated heterocycles. The number of hydrogen-bond acceptors (Lipinski definition) is 3.